The van der Waals surface area contributed by atoms with Gasteiger partial charge in [0.2, 0.25) is 5.91 Å². The number of rotatable bonds is 9. The average Bonchev–Trinajstić information content (AvgIpc) is 3.34. The number of hydrogen-bond donors (Lipinski definition) is 2. The van der Waals surface area contributed by atoms with Gasteiger partial charge in [-0.1, -0.05) is 19.1 Å². The Bertz CT molecular complexity index is 441. The Morgan fingerprint density at radius 3 is 2.67 bits per heavy atom. The molecule has 1 unspecified atom stereocenters. The summed E-state index contributed by atoms with van der Waals surface area (Å²) < 4.78 is 5.54. The zero-order valence-electron chi connectivity index (χ0n) is 12.8. The molecule has 21 heavy (non-hydrogen) atoms. The van der Waals surface area contributed by atoms with Crippen LogP contribution in [0.5, 0.6) is 5.75 Å². The molecule has 0 bridgehead atoms. The smallest absolute Gasteiger partial charge is 0.220 e. The maximum Gasteiger partial charge on any atom is 0.220 e. The zero-order chi connectivity index (χ0) is 15.1. The highest BCUT2D eigenvalue weighted by Crippen LogP contribution is 2.32. The van der Waals surface area contributed by atoms with Gasteiger partial charge >= 0.3 is 0 Å². The summed E-state index contributed by atoms with van der Waals surface area (Å²) in [6.45, 7) is 3.37. The maximum absolute atomic E-state index is 11.9. The van der Waals surface area contributed by atoms with Crippen molar-refractivity contribution in [3.63, 3.8) is 0 Å². The second-order valence-electron chi connectivity index (χ2n) is 5.74. The van der Waals surface area contributed by atoms with Gasteiger partial charge in [0.25, 0.3) is 0 Å². The Balaban J connectivity index is 1.72. The molecule has 1 atom stereocenters. The lowest BCUT2D eigenvalue weighted by atomic mass is 10.1. The highest BCUT2D eigenvalue weighted by atomic mass is 16.5. The Hall–Kier alpha value is -1.55. The molecule has 1 fully saturated rings. The predicted molar refractivity (Wildman–Crippen MR) is 84.3 cm³/mol. The minimum atomic E-state index is 0.101. The van der Waals surface area contributed by atoms with E-state index < -0.39 is 0 Å². The van der Waals surface area contributed by atoms with E-state index in [9.17, 15) is 4.79 Å². The fourth-order valence-corrected chi connectivity index (χ4v) is 2.38. The first kappa shape index (κ1) is 15.8. The molecule has 4 heteroatoms. The molecule has 1 amide bonds. The number of hydrogen-bond acceptors (Lipinski definition) is 3. The molecule has 0 heterocycles. The fraction of sp³-hybridized carbons (Fsp3) is 0.588. The number of nitrogens with two attached hydrogens (primary N) is 1. The van der Waals surface area contributed by atoms with Gasteiger partial charge in [0, 0.05) is 19.0 Å². The molecule has 4 nitrogen and oxygen atoms in total. The SMILES string of the molecule is CCCOc1ccc(CCC(=O)NC(CN)C2CC2)cc1. The zero-order valence-corrected chi connectivity index (χ0v) is 12.8. The third kappa shape index (κ3) is 5.38. The maximum atomic E-state index is 11.9. The summed E-state index contributed by atoms with van der Waals surface area (Å²) in [4.78, 5) is 11.9. The van der Waals surface area contributed by atoms with Crippen LogP contribution in [0.1, 0.15) is 38.2 Å². The van der Waals surface area contributed by atoms with E-state index in [2.05, 4.69) is 12.2 Å². The molecule has 1 aromatic carbocycles. The van der Waals surface area contributed by atoms with Crippen LogP contribution in [0.3, 0.4) is 0 Å². The molecule has 1 aliphatic rings. The number of carbonyl (C=O) groups is 1. The van der Waals surface area contributed by atoms with Crippen LogP contribution in [0, 0.1) is 5.92 Å². The summed E-state index contributed by atoms with van der Waals surface area (Å²) in [6, 6.07) is 8.16. The summed E-state index contributed by atoms with van der Waals surface area (Å²) in [5.74, 6) is 1.60. The topological polar surface area (TPSA) is 64.3 Å². The summed E-state index contributed by atoms with van der Waals surface area (Å²) in [5.41, 5.74) is 6.85. The molecule has 1 aromatic rings. The average molecular weight is 290 g/mol. The molecule has 1 saturated carbocycles. The van der Waals surface area contributed by atoms with Crippen LogP contribution in [0.25, 0.3) is 0 Å². The van der Waals surface area contributed by atoms with Crippen molar-refractivity contribution in [3.05, 3.63) is 29.8 Å². The lowest BCUT2D eigenvalue weighted by Gasteiger charge is -2.15. The minimum absolute atomic E-state index is 0.101. The van der Waals surface area contributed by atoms with Crippen LogP contribution in [0.15, 0.2) is 24.3 Å². The standard InChI is InChI=1S/C17H26N2O2/c1-2-11-21-15-8-3-13(4-9-15)5-10-17(20)19-16(12-18)14-6-7-14/h3-4,8-9,14,16H,2,5-7,10-12,18H2,1H3,(H,19,20). The van der Waals surface area contributed by atoms with Crippen molar-refractivity contribution in [1.82, 2.24) is 5.32 Å². The van der Waals surface area contributed by atoms with Crippen molar-refractivity contribution in [2.45, 2.75) is 45.1 Å². The molecule has 0 spiro atoms. The van der Waals surface area contributed by atoms with E-state index in [-0.39, 0.29) is 11.9 Å². The van der Waals surface area contributed by atoms with E-state index in [1.807, 2.05) is 24.3 Å². The van der Waals surface area contributed by atoms with Crippen LogP contribution in [0.2, 0.25) is 0 Å². The van der Waals surface area contributed by atoms with Crippen molar-refractivity contribution in [3.8, 4) is 5.75 Å². The molecule has 1 aliphatic carbocycles. The lowest BCUT2D eigenvalue weighted by Crippen LogP contribution is -2.41. The van der Waals surface area contributed by atoms with Gasteiger partial charge in [0.15, 0.2) is 0 Å². The van der Waals surface area contributed by atoms with Crippen LogP contribution in [0.4, 0.5) is 0 Å². The van der Waals surface area contributed by atoms with Crippen molar-refractivity contribution in [1.29, 1.82) is 0 Å². The van der Waals surface area contributed by atoms with Crippen LogP contribution < -0.4 is 15.8 Å². The molecule has 0 radical (unpaired) electrons. The Labute approximate surface area is 127 Å². The molecule has 2 rings (SSSR count). The summed E-state index contributed by atoms with van der Waals surface area (Å²) in [5, 5.41) is 3.05. The molecule has 0 aliphatic heterocycles. The highest BCUT2D eigenvalue weighted by molar-refractivity contribution is 5.76. The number of carbonyl (C=O) groups excluding carboxylic acids is 1. The molecule has 0 aromatic heterocycles. The van der Waals surface area contributed by atoms with E-state index in [1.54, 1.807) is 0 Å². The third-order valence-electron chi connectivity index (χ3n) is 3.83. The van der Waals surface area contributed by atoms with Gasteiger partial charge in [-0.05, 0) is 49.3 Å². The monoisotopic (exact) mass is 290 g/mol. The summed E-state index contributed by atoms with van der Waals surface area (Å²) >= 11 is 0. The highest BCUT2D eigenvalue weighted by Gasteiger charge is 2.30. The first-order valence-electron chi connectivity index (χ1n) is 7.94. The van der Waals surface area contributed by atoms with Crippen molar-refractivity contribution in [2.75, 3.05) is 13.2 Å². The molecular formula is C17H26N2O2. The molecular weight excluding hydrogens is 264 g/mol. The van der Waals surface area contributed by atoms with Gasteiger partial charge in [0.1, 0.15) is 5.75 Å². The van der Waals surface area contributed by atoms with Gasteiger partial charge < -0.3 is 15.8 Å². The lowest BCUT2D eigenvalue weighted by molar-refractivity contribution is -0.121. The van der Waals surface area contributed by atoms with Crippen LogP contribution >= 0.6 is 0 Å². The first-order chi connectivity index (χ1) is 10.2. The van der Waals surface area contributed by atoms with Crippen LogP contribution in [-0.2, 0) is 11.2 Å². The molecule has 116 valence electrons. The number of nitrogens with one attached hydrogen (secondary N) is 1. The number of aryl methyl sites for hydroxylation is 1. The van der Waals surface area contributed by atoms with Gasteiger partial charge in [-0.25, -0.2) is 0 Å². The first-order valence-corrected chi connectivity index (χ1v) is 7.94. The van der Waals surface area contributed by atoms with Gasteiger partial charge in [-0.15, -0.1) is 0 Å². The minimum Gasteiger partial charge on any atom is -0.494 e. The number of amides is 1. The van der Waals surface area contributed by atoms with E-state index in [0.717, 1.165) is 30.8 Å². The van der Waals surface area contributed by atoms with E-state index in [4.69, 9.17) is 10.5 Å². The molecule has 3 N–H and O–H groups in total. The Morgan fingerprint density at radius 2 is 2.10 bits per heavy atom. The Kier molecular flexibility index (Phi) is 6.05. The summed E-state index contributed by atoms with van der Waals surface area (Å²) in [7, 11) is 0. The van der Waals surface area contributed by atoms with Gasteiger partial charge in [-0.3, -0.25) is 4.79 Å². The van der Waals surface area contributed by atoms with Crippen molar-refractivity contribution in [2.24, 2.45) is 11.7 Å². The fourth-order valence-electron chi connectivity index (χ4n) is 2.38. The quantitative estimate of drug-likeness (QED) is 0.733. The van der Waals surface area contributed by atoms with Gasteiger partial charge in [0.05, 0.1) is 6.61 Å². The van der Waals surface area contributed by atoms with Crippen molar-refractivity contribution < 1.29 is 9.53 Å². The largest absolute Gasteiger partial charge is 0.494 e. The Morgan fingerprint density at radius 1 is 1.38 bits per heavy atom. The normalized spacial score (nSPS) is 15.5. The predicted octanol–water partition coefficient (Wildman–Crippen LogP) is 2.26. The second-order valence-corrected chi connectivity index (χ2v) is 5.74. The third-order valence-corrected chi connectivity index (χ3v) is 3.83. The van der Waals surface area contributed by atoms with Gasteiger partial charge in [-0.2, -0.15) is 0 Å². The molecule has 0 saturated heterocycles. The van der Waals surface area contributed by atoms with E-state index >= 15 is 0 Å². The second kappa shape index (κ2) is 8.03. The van der Waals surface area contributed by atoms with E-state index in [0.29, 0.717) is 18.9 Å². The number of benzene rings is 1. The van der Waals surface area contributed by atoms with E-state index in [1.165, 1.54) is 12.8 Å². The van der Waals surface area contributed by atoms with Crippen LogP contribution in [-0.4, -0.2) is 25.1 Å². The number of ether oxygens (including phenoxy) is 1. The summed E-state index contributed by atoms with van der Waals surface area (Å²) in [6.07, 6.45) is 4.66. The van der Waals surface area contributed by atoms with Crippen molar-refractivity contribution >= 4 is 5.91 Å².